The highest BCUT2D eigenvalue weighted by atomic mass is 35.5. The van der Waals surface area contributed by atoms with Gasteiger partial charge in [-0.3, -0.25) is 0 Å². The number of carboxylic acid groups (broad SMARTS) is 1. The van der Waals surface area contributed by atoms with Crippen LogP contribution in [0.3, 0.4) is 0 Å². The SMILES string of the molecule is CC1OCCC1(C)Nc1nccc(C(=O)O)c1Cl. The molecule has 18 heavy (non-hydrogen) atoms. The van der Waals surface area contributed by atoms with Gasteiger partial charge in [-0.1, -0.05) is 11.6 Å². The predicted octanol–water partition coefficient (Wildman–Crippen LogP) is 2.41. The Morgan fingerprint density at radius 2 is 2.44 bits per heavy atom. The van der Waals surface area contributed by atoms with Gasteiger partial charge >= 0.3 is 5.97 Å². The van der Waals surface area contributed by atoms with Gasteiger partial charge in [0.1, 0.15) is 5.82 Å². The second-order valence-corrected chi connectivity index (χ2v) is 5.01. The first-order chi connectivity index (χ1) is 8.44. The fourth-order valence-electron chi connectivity index (χ4n) is 1.97. The van der Waals surface area contributed by atoms with E-state index < -0.39 is 5.97 Å². The number of nitrogens with zero attached hydrogens (tertiary/aromatic N) is 1. The number of ether oxygens (including phenoxy) is 1. The predicted molar refractivity (Wildman–Crippen MR) is 68.3 cm³/mol. The van der Waals surface area contributed by atoms with Crippen LogP contribution in [-0.2, 0) is 4.74 Å². The lowest BCUT2D eigenvalue weighted by Crippen LogP contribution is -2.41. The molecule has 0 aromatic carbocycles. The molecular formula is C12H15ClN2O3. The van der Waals surface area contributed by atoms with Gasteiger partial charge in [-0.05, 0) is 26.3 Å². The summed E-state index contributed by atoms with van der Waals surface area (Å²) < 4.78 is 5.51. The van der Waals surface area contributed by atoms with E-state index in [9.17, 15) is 4.79 Å². The van der Waals surface area contributed by atoms with E-state index in [1.54, 1.807) is 0 Å². The molecule has 0 saturated carbocycles. The lowest BCUT2D eigenvalue weighted by Gasteiger charge is -2.30. The molecule has 5 nitrogen and oxygen atoms in total. The molecule has 2 rings (SSSR count). The van der Waals surface area contributed by atoms with Crippen LogP contribution in [-0.4, -0.2) is 34.3 Å². The number of hydrogen-bond acceptors (Lipinski definition) is 4. The molecule has 6 heteroatoms. The van der Waals surface area contributed by atoms with Crippen LogP contribution in [0.5, 0.6) is 0 Å². The summed E-state index contributed by atoms with van der Waals surface area (Å²) in [5, 5.41) is 12.3. The molecule has 2 unspecified atom stereocenters. The highest BCUT2D eigenvalue weighted by Crippen LogP contribution is 2.32. The first-order valence-corrected chi connectivity index (χ1v) is 6.09. The van der Waals surface area contributed by atoms with Gasteiger partial charge in [0, 0.05) is 12.8 Å². The molecule has 2 heterocycles. The lowest BCUT2D eigenvalue weighted by atomic mass is 9.94. The molecule has 1 aliphatic heterocycles. The second kappa shape index (κ2) is 4.74. The molecular weight excluding hydrogens is 256 g/mol. The number of halogens is 1. The van der Waals surface area contributed by atoms with Crippen molar-refractivity contribution in [2.45, 2.75) is 31.9 Å². The summed E-state index contributed by atoms with van der Waals surface area (Å²) in [6, 6.07) is 1.38. The maximum Gasteiger partial charge on any atom is 0.337 e. The van der Waals surface area contributed by atoms with Crippen molar-refractivity contribution in [3.8, 4) is 0 Å². The molecule has 1 aliphatic rings. The average molecular weight is 271 g/mol. The number of anilines is 1. The third-order valence-electron chi connectivity index (χ3n) is 3.41. The topological polar surface area (TPSA) is 71.5 Å². The fourth-order valence-corrected chi connectivity index (χ4v) is 2.21. The molecule has 0 bridgehead atoms. The zero-order chi connectivity index (χ0) is 13.3. The largest absolute Gasteiger partial charge is 0.478 e. The van der Waals surface area contributed by atoms with Crippen molar-refractivity contribution in [2.75, 3.05) is 11.9 Å². The summed E-state index contributed by atoms with van der Waals surface area (Å²) in [6.45, 7) is 4.64. The smallest absolute Gasteiger partial charge is 0.337 e. The number of carboxylic acids is 1. The van der Waals surface area contributed by atoms with Crippen molar-refractivity contribution in [3.05, 3.63) is 22.8 Å². The zero-order valence-electron chi connectivity index (χ0n) is 10.2. The summed E-state index contributed by atoms with van der Waals surface area (Å²) >= 11 is 6.05. The van der Waals surface area contributed by atoms with Gasteiger partial charge in [-0.25, -0.2) is 9.78 Å². The van der Waals surface area contributed by atoms with Gasteiger partial charge in [0.05, 0.1) is 22.2 Å². The summed E-state index contributed by atoms with van der Waals surface area (Å²) in [5.74, 6) is -0.678. The van der Waals surface area contributed by atoms with E-state index in [4.69, 9.17) is 21.4 Å². The number of hydrogen-bond donors (Lipinski definition) is 2. The molecule has 0 amide bonds. The van der Waals surface area contributed by atoms with Crippen molar-refractivity contribution in [1.29, 1.82) is 0 Å². The van der Waals surface area contributed by atoms with E-state index in [-0.39, 0.29) is 22.2 Å². The number of rotatable bonds is 3. The van der Waals surface area contributed by atoms with Crippen LogP contribution in [0.2, 0.25) is 5.02 Å². The number of carbonyl (C=O) groups is 1. The minimum Gasteiger partial charge on any atom is -0.478 e. The van der Waals surface area contributed by atoms with Crippen LogP contribution >= 0.6 is 11.6 Å². The van der Waals surface area contributed by atoms with Gasteiger partial charge < -0.3 is 15.2 Å². The Bertz CT molecular complexity index is 480. The molecule has 0 spiro atoms. The first-order valence-electron chi connectivity index (χ1n) is 5.71. The summed E-state index contributed by atoms with van der Waals surface area (Å²) in [5.41, 5.74) is -0.238. The Morgan fingerprint density at radius 3 is 3.00 bits per heavy atom. The Balaban J connectivity index is 2.30. The molecule has 2 N–H and O–H groups in total. The molecule has 98 valence electrons. The standard InChI is InChI=1S/C12H15ClN2O3/c1-7-12(2,4-6-18-7)15-10-9(13)8(11(16)17)3-5-14-10/h3,5,7H,4,6H2,1-2H3,(H,14,15)(H,16,17). The third kappa shape index (κ3) is 2.28. The average Bonchev–Trinajstić information content (AvgIpc) is 2.62. The molecule has 1 fully saturated rings. The highest BCUT2D eigenvalue weighted by molar-refractivity contribution is 6.35. The van der Waals surface area contributed by atoms with E-state index in [2.05, 4.69) is 10.3 Å². The quantitative estimate of drug-likeness (QED) is 0.883. The molecule has 0 radical (unpaired) electrons. The number of pyridine rings is 1. The van der Waals surface area contributed by atoms with Crippen LogP contribution in [0.25, 0.3) is 0 Å². The highest BCUT2D eigenvalue weighted by Gasteiger charge is 2.37. The van der Waals surface area contributed by atoms with Crippen molar-refractivity contribution in [3.63, 3.8) is 0 Å². The Labute approximate surface area is 110 Å². The van der Waals surface area contributed by atoms with E-state index in [0.29, 0.717) is 12.4 Å². The molecule has 1 aromatic rings. The van der Waals surface area contributed by atoms with E-state index in [1.807, 2.05) is 13.8 Å². The summed E-state index contributed by atoms with van der Waals surface area (Å²) in [7, 11) is 0. The van der Waals surface area contributed by atoms with E-state index >= 15 is 0 Å². The summed E-state index contributed by atoms with van der Waals surface area (Å²) in [6.07, 6.45) is 2.27. The monoisotopic (exact) mass is 270 g/mol. The van der Waals surface area contributed by atoms with Crippen LogP contribution < -0.4 is 5.32 Å². The second-order valence-electron chi connectivity index (χ2n) is 4.63. The van der Waals surface area contributed by atoms with Gasteiger partial charge in [-0.15, -0.1) is 0 Å². The lowest BCUT2D eigenvalue weighted by molar-refractivity contribution is 0.0697. The Morgan fingerprint density at radius 1 is 1.72 bits per heavy atom. The number of nitrogens with one attached hydrogen (secondary N) is 1. The maximum atomic E-state index is 11.0. The first kappa shape index (κ1) is 13.1. The van der Waals surface area contributed by atoms with Gasteiger partial charge in [0.15, 0.2) is 0 Å². The van der Waals surface area contributed by atoms with E-state index in [0.717, 1.165) is 6.42 Å². The molecule has 1 aromatic heterocycles. The fraction of sp³-hybridized carbons (Fsp3) is 0.500. The summed E-state index contributed by atoms with van der Waals surface area (Å²) in [4.78, 5) is 15.1. The van der Waals surface area contributed by atoms with Crippen LogP contribution in [0.15, 0.2) is 12.3 Å². The Kier molecular flexibility index (Phi) is 3.45. The minimum absolute atomic E-state index is 0.0175. The Hall–Kier alpha value is -1.33. The van der Waals surface area contributed by atoms with Gasteiger partial charge in [0.25, 0.3) is 0 Å². The minimum atomic E-state index is -1.06. The normalized spacial score (nSPS) is 27.2. The van der Waals surface area contributed by atoms with Gasteiger partial charge in [-0.2, -0.15) is 0 Å². The number of aromatic nitrogens is 1. The maximum absolute atomic E-state index is 11.0. The van der Waals surface area contributed by atoms with Crippen molar-refractivity contribution in [2.24, 2.45) is 0 Å². The van der Waals surface area contributed by atoms with Crippen LogP contribution in [0, 0.1) is 0 Å². The van der Waals surface area contributed by atoms with Crippen molar-refractivity contribution < 1.29 is 14.6 Å². The van der Waals surface area contributed by atoms with Crippen LogP contribution in [0.4, 0.5) is 5.82 Å². The molecule has 2 atom stereocenters. The molecule has 1 saturated heterocycles. The van der Waals surface area contributed by atoms with Gasteiger partial charge in [0.2, 0.25) is 0 Å². The van der Waals surface area contributed by atoms with E-state index in [1.165, 1.54) is 12.3 Å². The van der Waals surface area contributed by atoms with Crippen molar-refractivity contribution in [1.82, 2.24) is 4.98 Å². The third-order valence-corrected chi connectivity index (χ3v) is 3.79. The zero-order valence-corrected chi connectivity index (χ0v) is 11.0. The molecule has 0 aliphatic carbocycles. The number of aromatic carboxylic acids is 1. The van der Waals surface area contributed by atoms with Crippen LogP contribution in [0.1, 0.15) is 30.6 Å². The van der Waals surface area contributed by atoms with Crippen molar-refractivity contribution >= 4 is 23.4 Å².